The Labute approximate surface area is 176 Å². The number of benzene rings is 2. The second-order valence-corrected chi connectivity index (χ2v) is 7.90. The number of hydrogen-bond acceptors (Lipinski definition) is 7. The van der Waals surface area contributed by atoms with Crippen LogP contribution in [0.5, 0.6) is 11.5 Å². The van der Waals surface area contributed by atoms with Crippen molar-refractivity contribution in [3.05, 3.63) is 59.2 Å². The zero-order valence-corrected chi connectivity index (χ0v) is 16.7. The highest BCUT2D eigenvalue weighted by Crippen LogP contribution is 2.35. The molecule has 1 saturated heterocycles. The molecule has 9 heteroatoms. The Hall–Kier alpha value is -3.01. The molecule has 2 atom stereocenters. The molecule has 0 bridgehead atoms. The minimum absolute atomic E-state index is 0.148. The van der Waals surface area contributed by atoms with Gasteiger partial charge in [0, 0.05) is 17.5 Å². The van der Waals surface area contributed by atoms with Crippen molar-refractivity contribution in [1.82, 2.24) is 15.8 Å². The summed E-state index contributed by atoms with van der Waals surface area (Å²) in [5.41, 5.74) is 8.60. The lowest BCUT2D eigenvalue weighted by atomic mass is 9.94. The molecule has 0 spiro atoms. The molecule has 2 aliphatic rings. The number of amides is 1. The third-order valence-corrected chi connectivity index (χ3v) is 5.88. The molecule has 7 nitrogen and oxygen atoms in total. The molecule has 5 rings (SSSR count). The van der Waals surface area contributed by atoms with Crippen LogP contribution in [0.4, 0.5) is 9.52 Å². The van der Waals surface area contributed by atoms with Crippen molar-refractivity contribution >= 4 is 22.4 Å². The van der Waals surface area contributed by atoms with E-state index in [4.69, 9.17) is 9.47 Å². The summed E-state index contributed by atoms with van der Waals surface area (Å²) in [5.74, 6) is 0.617. The minimum Gasteiger partial charge on any atom is -0.486 e. The summed E-state index contributed by atoms with van der Waals surface area (Å²) >= 11 is 1.36. The van der Waals surface area contributed by atoms with Crippen molar-refractivity contribution in [3.63, 3.8) is 0 Å². The maximum Gasteiger partial charge on any atom is 0.232 e. The molecule has 3 heterocycles. The van der Waals surface area contributed by atoms with Gasteiger partial charge >= 0.3 is 0 Å². The molecule has 154 valence electrons. The zero-order chi connectivity index (χ0) is 20.5. The van der Waals surface area contributed by atoms with Crippen LogP contribution in [0.1, 0.15) is 11.6 Å². The summed E-state index contributed by atoms with van der Waals surface area (Å²) in [4.78, 5) is 17.4. The maximum absolute atomic E-state index is 13.2. The Balaban J connectivity index is 1.30. The first-order valence-electron chi connectivity index (χ1n) is 9.57. The molecule has 3 N–H and O–H groups in total. The highest BCUT2D eigenvalue weighted by Gasteiger charge is 2.34. The lowest BCUT2D eigenvalue weighted by molar-refractivity contribution is -0.119. The fourth-order valence-electron chi connectivity index (χ4n) is 3.59. The van der Waals surface area contributed by atoms with Gasteiger partial charge in [0.2, 0.25) is 5.91 Å². The Morgan fingerprint density at radius 1 is 1.13 bits per heavy atom. The molecule has 30 heavy (non-hydrogen) atoms. The number of aromatic nitrogens is 1. The highest BCUT2D eigenvalue weighted by atomic mass is 32.1. The van der Waals surface area contributed by atoms with Crippen LogP contribution < -0.4 is 25.6 Å². The van der Waals surface area contributed by atoms with Gasteiger partial charge < -0.3 is 14.8 Å². The van der Waals surface area contributed by atoms with Crippen molar-refractivity contribution in [2.75, 3.05) is 25.1 Å². The summed E-state index contributed by atoms with van der Waals surface area (Å²) < 4.78 is 24.4. The van der Waals surface area contributed by atoms with E-state index in [9.17, 15) is 9.18 Å². The molecule has 1 fully saturated rings. The van der Waals surface area contributed by atoms with Crippen molar-refractivity contribution in [3.8, 4) is 22.8 Å². The first-order chi connectivity index (χ1) is 14.7. The summed E-state index contributed by atoms with van der Waals surface area (Å²) in [6.45, 7) is 1.53. The van der Waals surface area contributed by atoms with Crippen LogP contribution >= 0.6 is 11.3 Å². The number of anilines is 1. The Morgan fingerprint density at radius 3 is 2.77 bits per heavy atom. The average Bonchev–Trinajstić information content (AvgIpc) is 3.44. The number of carbonyl (C=O) groups is 1. The SMILES string of the molecule is O=C(Nc1nc(-c2ccc3c(c2)OCCO3)cs1)C1CNNC1c1ccc(F)cc1. The van der Waals surface area contributed by atoms with E-state index in [1.807, 2.05) is 23.6 Å². The number of ether oxygens (including phenoxy) is 2. The number of carbonyl (C=O) groups excluding carboxylic acids is 1. The quantitative estimate of drug-likeness (QED) is 0.595. The van der Waals surface area contributed by atoms with E-state index in [1.54, 1.807) is 12.1 Å². The molecular weight excluding hydrogens is 407 g/mol. The van der Waals surface area contributed by atoms with Gasteiger partial charge in [0.05, 0.1) is 17.7 Å². The first kappa shape index (κ1) is 19.0. The molecule has 1 aromatic heterocycles. The topological polar surface area (TPSA) is 84.5 Å². The fraction of sp³-hybridized carbons (Fsp3) is 0.238. The number of nitrogens with one attached hydrogen (secondary N) is 3. The second kappa shape index (κ2) is 8.02. The van der Waals surface area contributed by atoms with Crippen LogP contribution in [0, 0.1) is 11.7 Å². The Morgan fingerprint density at radius 2 is 1.93 bits per heavy atom. The fourth-order valence-corrected chi connectivity index (χ4v) is 4.31. The van der Waals surface area contributed by atoms with E-state index < -0.39 is 0 Å². The van der Waals surface area contributed by atoms with Crippen LogP contribution in [0.3, 0.4) is 0 Å². The van der Waals surface area contributed by atoms with Gasteiger partial charge in [-0.15, -0.1) is 11.3 Å². The number of hydrogen-bond donors (Lipinski definition) is 3. The van der Waals surface area contributed by atoms with E-state index in [2.05, 4.69) is 21.2 Å². The summed E-state index contributed by atoms with van der Waals surface area (Å²) in [6, 6.07) is 11.6. The van der Waals surface area contributed by atoms with Crippen molar-refractivity contribution in [2.45, 2.75) is 6.04 Å². The summed E-state index contributed by atoms with van der Waals surface area (Å²) in [6.07, 6.45) is 0. The molecule has 0 aliphatic carbocycles. The average molecular weight is 426 g/mol. The number of nitrogens with zero attached hydrogens (tertiary/aromatic N) is 1. The van der Waals surface area contributed by atoms with Gasteiger partial charge in [-0.1, -0.05) is 12.1 Å². The Kier molecular flexibility index (Phi) is 5.07. The predicted octanol–water partition coefficient (Wildman–Crippen LogP) is 3.12. The van der Waals surface area contributed by atoms with Crippen LogP contribution in [0.15, 0.2) is 47.8 Å². The summed E-state index contributed by atoms with van der Waals surface area (Å²) in [5, 5.41) is 5.32. The third kappa shape index (κ3) is 3.74. The largest absolute Gasteiger partial charge is 0.486 e. The molecule has 2 unspecified atom stereocenters. The van der Waals surface area contributed by atoms with Gasteiger partial charge in [-0.25, -0.2) is 14.8 Å². The van der Waals surface area contributed by atoms with Crippen LogP contribution in [0.25, 0.3) is 11.3 Å². The van der Waals surface area contributed by atoms with Crippen molar-refractivity contribution in [1.29, 1.82) is 0 Å². The highest BCUT2D eigenvalue weighted by molar-refractivity contribution is 7.14. The molecule has 2 aromatic carbocycles. The van der Waals surface area contributed by atoms with E-state index in [0.29, 0.717) is 30.6 Å². The Bertz CT molecular complexity index is 1070. The monoisotopic (exact) mass is 426 g/mol. The number of thiazole rings is 1. The maximum atomic E-state index is 13.2. The van der Waals surface area contributed by atoms with Crippen LogP contribution in [0.2, 0.25) is 0 Å². The summed E-state index contributed by atoms with van der Waals surface area (Å²) in [7, 11) is 0. The lowest BCUT2D eigenvalue weighted by Gasteiger charge is -2.18. The standard InChI is InChI=1S/C21H19FN4O3S/c22-14-4-1-12(2-5-14)19-15(10-23-26-19)20(27)25-21-24-16(11-30-21)13-3-6-17-18(9-13)29-8-7-28-17/h1-6,9,11,15,19,23,26H,7-8,10H2,(H,24,25,27). The van der Waals surface area contributed by atoms with Crippen LogP contribution in [-0.2, 0) is 4.79 Å². The van der Waals surface area contributed by atoms with Crippen molar-refractivity contribution < 1.29 is 18.7 Å². The number of fused-ring (bicyclic) bond motifs is 1. The van der Waals surface area contributed by atoms with E-state index >= 15 is 0 Å². The lowest BCUT2D eigenvalue weighted by Crippen LogP contribution is -2.29. The van der Waals surface area contributed by atoms with E-state index in [0.717, 1.165) is 22.6 Å². The van der Waals surface area contributed by atoms with Gasteiger partial charge in [-0.2, -0.15) is 0 Å². The van der Waals surface area contributed by atoms with Gasteiger partial charge in [-0.3, -0.25) is 10.2 Å². The number of hydrazine groups is 1. The molecular formula is C21H19FN4O3S. The van der Waals surface area contributed by atoms with Gasteiger partial charge in [-0.05, 0) is 35.9 Å². The van der Waals surface area contributed by atoms with E-state index in [1.165, 1.54) is 23.5 Å². The third-order valence-electron chi connectivity index (χ3n) is 5.12. The van der Waals surface area contributed by atoms with Gasteiger partial charge in [0.25, 0.3) is 0 Å². The molecule has 2 aliphatic heterocycles. The van der Waals surface area contributed by atoms with Crippen LogP contribution in [-0.4, -0.2) is 30.6 Å². The second-order valence-electron chi connectivity index (χ2n) is 7.05. The van der Waals surface area contributed by atoms with Gasteiger partial charge in [0.15, 0.2) is 16.6 Å². The normalized spacial score (nSPS) is 20.2. The molecule has 0 saturated carbocycles. The molecule has 3 aromatic rings. The van der Waals surface area contributed by atoms with Gasteiger partial charge in [0.1, 0.15) is 19.0 Å². The number of rotatable bonds is 4. The smallest absolute Gasteiger partial charge is 0.232 e. The molecule has 0 radical (unpaired) electrons. The molecule has 1 amide bonds. The minimum atomic E-state index is -0.350. The first-order valence-corrected chi connectivity index (χ1v) is 10.5. The number of halogens is 1. The van der Waals surface area contributed by atoms with E-state index in [-0.39, 0.29) is 23.7 Å². The predicted molar refractivity (Wildman–Crippen MR) is 111 cm³/mol. The zero-order valence-electron chi connectivity index (χ0n) is 15.9. The van der Waals surface area contributed by atoms with Crippen molar-refractivity contribution in [2.24, 2.45) is 5.92 Å².